The summed E-state index contributed by atoms with van der Waals surface area (Å²) in [7, 11) is 0. The van der Waals surface area contributed by atoms with Crippen LogP contribution >= 0.6 is 0 Å². The zero-order valence-electron chi connectivity index (χ0n) is 16.2. The molecule has 5 heteroatoms. The van der Waals surface area contributed by atoms with Crippen molar-refractivity contribution in [3.8, 4) is 5.75 Å². The van der Waals surface area contributed by atoms with E-state index in [1.807, 2.05) is 6.07 Å². The summed E-state index contributed by atoms with van der Waals surface area (Å²) in [5.74, 6) is 0.616. The molecule has 2 amide bonds. The minimum absolute atomic E-state index is 0.0606. The lowest BCUT2D eigenvalue weighted by Crippen LogP contribution is -2.24. The van der Waals surface area contributed by atoms with Crippen LogP contribution in [0.5, 0.6) is 5.75 Å². The molecule has 2 aliphatic rings. The molecule has 146 valence electrons. The standard InChI is InChI=1S/C23H26N2O3/c1-15-9-10-16(12-21(15)28-20-7-2-3-8-20)18-13-22(26)25(14-18)19-6-4-5-17(11-19)23(24)27/h4-6,9-12,18,20H,2-3,7-8,13-14H2,1H3,(H2,24,27)/t18-/m0/s1. The van der Waals surface area contributed by atoms with Gasteiger partial charge in [-0.3, -0.25) is 9.59 Å². The number of aryl methyl sites for hydroxylation is 1. The first-order valence-corrected chi connectivity index (χ1v) is 9.98. The molecule has 0 aromatic heterocycles. The lowest BCUT2D eigenvalue weighted by Gasteiger charge is -2.19. The maximum Gasteiger partial charge on any atom is 0.248 e. The molecule has 0 unspecified atom stereocenters. The Morgan fingerprint density at radius 3 is 2.68 bits per heavy atom. The quantitative estimate of drug-likeness (QED) is 0.857. The minimum Gasteiger partial charge on any atom is -0.490 e. The van der Waals surface area contributed by atoms with Crippen molar-refractivity contribution in [2.24, 2.45) is 5.73 Å². The van der Waals surface area contributed by atoms with Crippen molar-refractivity contribution >= 4 is 17.5 Å². The largest absolute Gasteiger partial charge is 0.490 e. The van der Waals surface area contributed by atoms with Gasteiger partial charge in [0.15, 0.2) is 0 Å². The third-order valence-corrected chi connectivity index (χ3v) is 5.85. The van der Waals surface area contributed by atoms with Crippen LogP contribution in [0.4, 0.5) is 5.69 Å². The van der Waals surface area contributed by atoms with E-state index in [1.54, 1.807) is 23.1 Å². The summed E-state index contributed by atoms with van der Waals surface area (Å²) in [6.45, 7) is 2.66. The van der Waals surface area contributed by atoms with E-state index in [9.17, 15) is 9.59 Å². The minimum atomic E-state index is -0.489. The van der Waals surface area contributed by atoms with Crippen molar-refractivity contribution in [1.29, 1.82) is 0 Å². The van der Waals surface area contributed by atoms with E-state index >= 15 is 0 Å². The molecule has 28 heavy (non-hydrogen) atoms. The van der Waals surface area contributed by atoms with E-state index in [2.05, 4.69) is 25.1 Å². The molecule has 2 fully saturated rings. The average molecular weight is 378 g/mol. The molecule has 1 atom stereocenters. The average Bonchev–Trinajstić information content (AvgIpc) is 3.33. The van der Waals surface area contributed by atoms with Crippen molar-refractivity contribution < 1.29 is 14.3 Å². The fourth-order valence-electron chi connectivity index (χ4n) is 4.19. The van der Waals surface area contributed by atoms with Crippen LogP contribution in [0.2, 0.25) is 0 Å². The van der Waals surface area contributed by atoms with Crippen LogP contribution in [0.3, 0.4) is 0 Å². The number of hydrogen-bond acceptors (Lipinski definition) is 3. The van der Waals surface area contributed by atoms with Gasteiger partial charge in [-0.05, 0) is 68.0 Å². The second kappa shape index (κ2) is 7.66. The molecule has 4 rings (SSSR count). The van der Waals surface area contributed by atoms with Crippen LogP contribution in [-0.4, -0.2) is 24.5 Å². The lowest BCUT2D eigenvalue weighted by molar-refractivity contribution is -0.117. The number of hydrogen-bond donors (Lipinski definition) is 1. The zero-order chi connectivity index (χ0) is 19.7. The third kappa shape index (κ3) is 3.75. The Hall–Kier alpha value is -2.82. The Bertz CT molecular complexity index is 902. The molecule has 5 nitrogen and oxygen atoms in total. The maximum absolute atomic E-state index is 12.6. The number of rotatable bonds is 5. The Kier molecular flexibility index (Phi) is 5.07. The van der Waals surface area contributed by atoms with Gasteiger partial charge >= 0.3 is 0 Å². The van der Waals surface area contributed by atoms with Crippen LogP contribution in [-0.2, 0) is 4.79 Å². The monoisotopic (exact) mass is 378 g/mol. The number of carbonyl (C=O) groups excluding carboxylic acids is 2. The summed E-state index contributed by atoms with van der Waals surface area (Å²) in [5.41, 5.74) is 8.77. The zero-order valence-corrected chi connectivity index (χ0v) is 16.2. The number of amides is 2. The highest BCUT2D eigenvalue weighted by atomic mass is 16.5. The van der Waals surface area contributed by atoms with E-state index in [-0.39, 0.29) is 11.8 Å². The molecule has 2 N–H and O–H groups in total. The van der Waals surface area contributed by atoms with Crippen molar-refractivity contribution in [3.05, 3.63) is 59.2 Å². The molecule has 1 aliphatic heterocycles. The second-order valence-corrected chi connectivity index (χ2v) is 7.87. The molecule has 0 spiro atoms. The SMILES string of the molecule is Cc1ccc([C@H]2CC(=O)N(c3cccc(C(N)=O)c3)C2)cc1OC1CCCC1. The number of ether oxygens (including phenoxy) is 1. The lowest BCUT2D eigenvalue weighted by atomic mass is 9.97. The smallest absolute Gasteiger partial charge is 0.248 e. The third-order valence-electron chi connectivity index (χ3n) is 5.85. The predicted octanol–water partition coefficient (Wildman–Crippen LogP) is 3.94. The highest BCUT2D eigenvalue weighted by Gasteiger charge is 2.32. The first-order chi connectivity index (χ1) is 13.5. The van der Waals surface area contributed by atoms with Crippen LogP contribution in [0.25, 0.3) is 0 Å². The maximum atomic E-state index is 12.6. The Morgan fingerprint density at radius 2 is 1.93 bits per heavy atom. The van der Waals surface area contributed by atoms with Crippen LogP contribution in [0.1, 0.15) is 59.5 Å². The van der Waals surface area contributed by atoms with Gasteiger partial charge in [0.25, 0.3) is 0 Å². The highest BCUT2D eigenvalue weighted by Crippen LogP contribution is 2.35. The number of anilines is 1. The van der Waals surface area contributed by atoms with E-state index in [1.165, 1.54) is 12.8 Å². The van der Waals surface area contributed by atoms with Gasteiger partial charge < -0.3 is 15.4 Å². The van der Waals surface area contributed by atoms with Gasteiger partial charge in [-0.15, -0.1) is 0 Å². The number of carbonyl (C=O) groups is 2. The molecule has 2 aromatic rings. The van der Waals surface area contributed by atoms with Crippen molar-refractivity contribution in [3.63, 3.8) is 0 Å². The van der Waals surface area contributed by atoms with E-state index in [0.29, 0.717) is 24.6 Å². The molecule has 0 radical (unpaired) electrons. The van der Waals surface area contributed by atoms with Gasteiger partial charge in [-0.25, -0.2) is 0 Å². The molecule has 2 aromatic carbocycles. The molecule has 0 bridgehead atoms. The van der Waals surface area contributed by atoms with Crippen molar-refractivity contribution in [1.82, 2.24) is 0 Å². The van der Waals surface area contributed by atoms with Gasteiger partial charge in [-0.1, -0.05) is 18.2 Å². The summed E-state index contributed by atoms with van der Waals surface area (Å²) in [5, 5.41) is 0. The first-order valence-electron chi connectivity index (χ1n) is 9.98. The van der Waals surface area contributed by atoms with Gasteiger partial charge in [0.1, 0.15) is 5.75 Å². The second-order valence-electron chi connectivity index (χ2n) is 7.87. The van der Waals surface area contributed by atoms with Crippen LogP contribution in [0, 0.1) is 6.92 Å². The molecule has 1 heterocycles. The Balaban J connectivity index is 1.53. The molecular weight excluding hydrogens is 352 g/mol. The van der Waals surface area contributed by atoms with E-state index < -0.39 is 5.91 Å². The van der Waals surface area contributed by atoms with Crippen molar-refractivity contribution in [2.45, 2.75) is 51.0 Å². The summed E-state index contributed by atoms with van der Waals surface area (Å²) >= 11 is 0. The number of nitrogens with two attached hydrogens (primary N) is 1. The summed E-state index contributed by atoms with van der Waals surface area (Å²) in [6.07, 6.45) is 5.48. The fraction of sp³-hybridized carbons (Fsp3) is 0.391. The summed E-state index contributed by atoms with van der Waals surface area (Å²) in [6, 6.07) is 13.2. The van der Waals surface area contributed by atoms with Gasteiger partial charge in [0.2, 0.25) is 11.8 Å². The normalized spacial score (nSPS) is 20.0. The van der Waals surface area contributed by atoms with Crippen molar-refractivity contribution in [2.75, 3.05) is 11.4 Å². The van der Waals surface area contributed by atoms with Gasteiger partial charge in [0, 0.05) is 30.1 Å². The molecular formula is C23H26N2O3. The summed E-state index contributed by atoms with van der Waals surface area (Å²) < 4.78 is 6.24. The number of nitrogens with zero attached hydrogens (tertiary/aromatic N) is 1. The molecule has 1 aliphatic carbocycles. The Labute approximate surface area is 165 Å². The Morgan fingerprint density at radius 1 is 1.14 bits per heavy atom. The van der Waals surface area contributed by atoms with Crippen LogP contribution < -0.4 is 15.4 Å². The van der Waals surface area contributed by atoms with E-state index in [4.69, 9.17) is 10.5 Å². The van der Waals surface area contributed by atoms with E-state index in [0.717, 1.165) is 35.4 Å². The molecule has 1 saturated heterocycles. The fourth-order valence-corrected chi connectivity index (χ4v) is 4.19. The number of benzene rings is 2. The first kappa shape index (κ1) is 18.5. The van der Waals surface area contributed by atoms with Crippen LogP contribution in [0.15, 0.2) is 42.5 Å². The topological polar surface area (TPSA) is 72.6 Å². The highest BCUT2D eigenvalue weighted by molar-refractivity contribution is 5.99. The van der Waals surface area contributed by atoms with Gasteiger partial charge in [0.05, 0.1) is 6.10 Å². The van der Waals surface area contributed by atoms with Gasteiger partial charge in [-0.2, -0.15) is 0 Å². The predicted molar refractivity (Wildman–Crippen MR) is 109 cm³/mol. The summed E-state index contributed by atoms with van der Waals surface area (Å²) in [4.78, 5) is 25.8. The molecule has 1 saturated carbocycles. The number of primary amides is 1.